The molecule has 14 heavy (non-hydrogen) atoms. The molecule has 0 aliphatic carbocycles. The summed E-state index contributed by atoms with van der Waals surface area (Å²) in [6, 6.07) is 7.39. The molecule has 0 aliphatic heterocycles. The molecule has 0 saturated heterocycles. The van der Waals surface area contributed by atoms with E-state index in [0.29, 0.717) is 10.6 Å². The van der Waals surface area contributed by atoms with Gasteiger partial charge in [-0.15, -0.1) is 0 Å². The lowest BCUT2D eigenvalue weighted by Crippen LogP contribution is -2.23. The van der Waals surface area contributed by atoms with E-state index in [1.807, 2.05) is 12.1 Å². The number of benzene rings is 1. The molecule has 1 N–H and O–H groups in total. The molecule has 78 valence electrons. The predicted molar refractivity (Wildman–Crippen MR) is 62.8 cm³/mol. The average Bonchev–Trinajstić information content (AvgIpc) is 2.01. The fourth-order valence-electron chi connectivity index (χ4n) is 1.46. The molecule has 1 unspecified atom stereocenters. The van der Waals surface area contributed by atoms with Crippen molar-refractivity contribution in [2.45, 2.75) is 18.3 Å². The van der Waals surface area contributed by atoms with Crippen LogP contribution < -0.4 is 0 Å². The van der Waals surface area contributed by atoms with E-state index < -0.39 is 0 Å². The quantitative estimate of drug-likeness (QED) is 0.839. The highest BCUT2D eigenvalue weighted by Gasteiger charge is 2.03. The molecule has 0 bridgehead atoms. The van der Waals surface area contributed by atoms with Crippen LogP contribution in [-0.4, -0.2) is 28.4 Å². The van der Waals surface area contributed by atoms with Crippen molar-refractivity contribution in [3.8, 4) is 5.75 Å². The maximum atomic E-state index is 9.28. The largest absolute Gasteiger partial charge is 0.508 e. The first-order valence-corrected chi connectivity index (χ1v) is 5.60. The normalized spacial score (nSPS) is 13.1. The molecule has 0 aromatic heterocycles. The summed E-state index contributed by atoms with van der Waals surface area (Å²) in [5.74, 6) is 0.336. The third-order valence-electron chi connectivity index (χ3n) is 1.93. The molecule has 0 fully saturated rings. The summed E-state index contributed by atoms with van der Waals surface area (Å²) in [6.07, 6.45) is 0. The van der Waals surface area contributed by atoms with Crippen molar-refractivity contribution in [3.05, 3.63) is 29.8 Å². The Morgan fingerprint density at radius 1 is 1.50 bits per heavy atom. The van der Waals surface area contributed by atoms with Gasteiger partial charge >= 0.3 is 0 Å². The van der Waals surface area contributed by atoms with E-state index in [4.69, 9.17) is 0 Å². The lowest BCUT2D eigenvalue weighted by atomic mass is 10.2. The van der Waals surface area contributed by atoms with Gasteiger partial charge in [0.25, 0.3) is 0 Å². The first-order chi connectivity index (χ1) is 6.58. The fourth-order valence-corrected chi connectivity index (χ4v) is 1.95. The van der Waals surface area contributed by atoms with E-state index in [2.05, 4.69) is 34.8 Å². The van der Waals surface area contributed by atoms with Gasteiger partial charge < -0.3 is 10.0 Å². The second kappa shape index (κ2) is 5.37. The summed E-state index contributed by atoms with van der Waals surface area (Å²) in [7, 11) is 2.07. The van der Waals surface area contributed by atoms with Crippen molar-refractivity contribution in [2.75, 3.05) is 13.6 Å². The Bertz CT molecular complexity index is 288. The van der Waals surface area contributed by atoms with E-state index in [-0.39, 0.29) is 0 Å². The molecule has 0 heterocycles. The van der Waals surface area contributed by atoms with Crippen LogP contribution in [0.4, 0.5) is 0 Å². The van der Waals surface area contributed by atoms with Crippen molar-refractivity contribution in [1.29, 1.82) is 0 Å². The van der Waals surface area contributed by atoms with E-state index >= 15 is 0 Å². The number of aromatic hydroxyl groups is 1. The molecule has 3 heteroatoms. The van der Waals surface area contributed by atoms with E-state index in [1.54, 1.807) is 12.1 Å². The standard InChI is InChI=1S/C11H16BrNO/c1-9(12)7-13(2)8-10-4-3-5-11(14)6-10/h3-6,9,14H,7-8H2,1-2H3. The van der Waals surface area contributed by atoms with Crippen molar-refractivity contribution in [3.63, 3.8) is 0 Å². The zero-order chi connectivity index (χ0) is 10.6. The maximum absolute atomic E-state index is 9.28. The second-order valence-corrected chi connectivity index (χ2v) is 5.21. The Labute approximate surface area is 93.7 Å². The van der Waals surface area contributed by atoms with Gasteiger partial charge in [-0.05, 0) is 24.7 Å². The lowest BCUT2D eigenvalue weighted by Gasteiger charge is -2.18. The summed E-state index contributed by atoms with van der Waals surface area (Å²) in [6.45, 7) is 3.99. The Morgan fingerprint density at radius 3 is 2.79 bits per heavy atom. The minimum atomic E-state index is 0.336. The molecular weight excluding hydrogens is 242 g/mol. The van der Waals surface area contributed by atoms with E-state index in [1.165, 1.54) is 0 Å². The number of hydrogen-bond donors (Lipinski definition) is 1. The van der Waals surface area contributed by atoms with Gasteiger partial charge in [-0.1, -0.05) is 35.0 Å². The Hall–Kier alpha value is -0.540. The average molecular weight is 258 g/mol. The number of phenols is 1. The van der Waals surface area contributed by atoms with Crippen LogP contribution in [0.15, 0.2) is 24.3 Å². The summed E-state index contributed by atoms with van der Waals surface area (Å²) in [4.78, 5) is 2.71. The van der Waals surface area contributed by atoms with Crippen molar-refractivity contribution in [2.24, 2.45) is 0 Å². The first-order valence-electron chi connectivity index (χ1n) is 4.68. The van der Waals surface area contributed by atoms with Crippen LogP contribution in [-0.2, 0) is 6.54 Å². The molecule has 1 aromatic carbocycles. The molecule has 0 saturated carbocycles. The summed E-state index contributed by atoms with van der Waals surface area (Å²) in [5.41, 5.74) is 1.14. The predicted octanol–water partition coefficient (Wildman–Crippen LogP) is 2.61. The Kier molecular flexibility index (Phi) is 4.42. The monoisotopic (exact) mass is 257 g/mol. The molecule has 2 nitrogen and oxygen atoms in total. The van der Waals surface area contributed by atoms with Gasteiger partial charge in [-0.2, -0.15) is 0 Å². The van der Waals surface area contributed by atoms with Crippen molar-refractivity contribution >= 4 is 15.9 Å². The molecule has 1 aromatic rings. The number of alkyl halides is 1. The molecule has 1 rings (SSSR count). The Balaban J connectivity index is 2.51. The van der Waals surface area contributed by atoms with Crippen LogP contribution in [0.2, 0.25) is 0 Å². The third kappa shape index (κ3) is 4.11. The molecule has 0 amide bonds. The zero-order valence-electron chi connectivity index (χ0n) is 8.57. The minimum absolute atomic E-state index is 0.336. The number of halogens is 1. The third-order valence-corrected chi connectivity index (χ3v) is 2.22. The highest BCUT2D eigenvalue weighted by atomic mass is 79.9. The summed E-state index contributed by atoms with van der Waals surface area (Å²) >= 11 is 3.51. The van der Waals surface area contributed by atoms with Crippen LogP contribution in [0.25, 0.3) is 0 Å². The van der Waals surface area contributed by atoms with Gasteiger partial charge in [0.2, 0.25) is 0 Å². The van der Waals surface area contributed by atoms with Gasteiger partial charge in [0, 0.05) is 17.9 Å². The molecular formula is C11H16BrNO. The SMILES string of the molecule is CC(Br)CN(C)Cc1cccc(O)c1. The van der Waals surface area contributed by atoms with Gasteiger partial charge in [0.1, 0.15) is 5.75 Å². The van der Waals surface area contributed by atoms with Gasteiger partial charge in [0.05, 0.1) is 0 Å². The number of rotatable bonds is 4. The molecule has 0 spiro atoms. The summed E-state index contributed by atoms with van der Waals surface area (Å²) in [5, 5.41) is 9.28. The molecule has 0 radical (unpaired) electrons. The van der Waals surface area contributed by atoms with Crippen LogP contribution in [0.5, 0.6) is 5.75 Å². The van der Waals surface area contributed by atoms with Gasteiger partial charge in [-0.25, -0.2) is 0 Å². The van der Waals surface area contributed by atoms with Crippen LogP contribution in [0, 0.1) is 0 Å². The Morgan fingerprint density at radius 2 is 2.21 bits per heavy atom. The number of phenolic OH excluding ortho intramolecular Hbond substituents is 1. The maximum Gasteiger partial charge on any atom is 0.115 e. The van der Waals surface area contributed by atoms with Crippen LogP contribution in [0.1, 0.15) is 12.5 Å². The number of nitrogens with zero attached hydrogens (tertiary/aromatic N) is 1. The zero-order valence-corrected chi connectivity index (χ0v) is 10.2. The van der Waals surface area contributed by atoms with Gasteiger partial charge in [-0.3, -0.25) is 0 Å². The topological polar surface area (TPSA) is 23.5 Å². The van der Waals surface area contributed by atoms with Crippen molar-refractivity contribution in [1.82, 2.24) is 4.90 Å². The molecule has 1 atom stereocenters. The fraction of sp³-hybridized carbons (Fsp3) is 0.455. The second-order valence-electron chi connectivity index (χ2n) is 3.65. The van der Waals surface area contributed by atoms with Crippen LogP contribution >= 0.6 is 15.9 Å². The highest BCUT2D eigenvalue weighted by Crippen LogP contribution is 2.13. The summed E-state index contributed by atoms with van der Waals surface area (Å²) < 4.78 is 0. The van der Waals surface area contributed by atoms with E-state index in [9.17, 15) is 5.11 Å². The smallest absolute Gasteiger partial charge is 0.115 e. The lowest BCUT2D eigenvalue weighted by molar-refractivity contribution is 0.332. The number of hydrogen-bond acceptors (Lipinski definition) is 2. The van der Waals surface area contributed by atoms with Crippen molar-refractivity contribution < 1.29 is 5.11 Å². The first kappa shape index (κ1) is 11.5. The molecule has 0 aliphatic rings. The van der Waals surface area contributed by atoms with E-state index in [0.717, 1.165) is 18.7 Å². The van der Waals surface area contributed by atoms with Gasteiger partial charge in [0.15, 0.2) is 0 Å². The minimum Gasteiger partial charge on any atom is -0.508 e. The van der Waals surface area contributed by atoms with Crippen LogP contribution in [0.3, 0.4) is 0 Å². The highest BCUT2D eigenvalue weighted by molar-refractivity contribution is 9.09.